The fraction of sp³-hybridized carbons (Fsp3) is 0.357. The van der Waals surface area contributed by atoms with Crippen LogP contribution in [0.3, 0.4) is 0 Å². The van der Waals surface area contributed by atoms with Crippen molar-refractivity contribution in [3.05, 3.63) is 22.7 Å². The molecule has 1 aromatic heterocycles. The van der Waals surface area contributed by atoms with E-state index in [-0.39, 0.29) is 5.41 Å². The number of rotatable bonds is 1. The molecule has 0 unspecified atom stereocenters. The predicted octanol–water partition coefficient (Wildman–Crippen LogP) is 3.22. The van der Waals surface area contributed by atoms with Crippen LogP contribution in [0.25, 0.3) is 11.3 Å². The van der Waals surface area contributed by atoms with Crippen LogP contribution in [0.2, 0.25) is 0 Å². The van der Waals surface area contributed by atoms with E-state index in [0.29, 0.717) is 19.0 Å². The Morgan fingerprint density at radius 1 is 1.25 bits per heavy atom. The third kappa shape index (κ3) is 2.47. The third-order valence-electron chi connectivity index (χ3n) is 3.14. The number of halogens is 1. The average molecular weight is 338 g/mol. The number of aromatic nitrogens is 2. The summed E-state index contributed by atoms with van der Waals surface area (Å²) in [5.41, 5.74) is 7.42. The van der Waals surface area contributed by atoms with Crippen molar-refractivity contribution in [3.8, 4) is 22.8 Å². The van der Waals surface area contributed by atoms with Gasteiger partial charge >= 0.3 is 0 Å². The summed E-state index contributed by atoms with van der Waals surface area (Å²) in [6.45, 7) is 5.46. The number of hydrogen-bond acceptors (Lipinski definition) is 4. The van der Waals surface area contributed by atoms with Gasteiger partial charge in [0.05, 0.1) is 23.4 Å². The number of nitrogens with zero attached hydrogens (tertiary/aromatic N) is 1. The second kappa shape index (κ2) is 4.70. The largest absolute Gasteiger partial charge is 0.489 e. The number of nitrogens with one attached hydrogen (secondary N) is 1. The standard InChI is InChI=1S/C14H16BrN3O2/c1-14(2)6-19-11-4-8(10-5-12(16)18-17-10)3-9(15)13(11)20-7-14/h3-5H,6-7H2,1-2H3,(H3,16,17,18). The predicted molar refractivity (Wildman–Crippen MR) is 80.9 cm³/mol. The molecule has 3 N–H and O–H groups in total. The van der Waals surface area contributed by atoms with Crippen molar-refractivity contribution in [2.75, 3.05) is 18.9 Å². The van der Waals surface area contributed by atoms with E-state index in [0.717, 1.165) is 27.2 Å². The molecule has 1 aromatic carbocycles. The Morgan fingerprint density at radius 2 is 2.00 bits per heavy atom. The molecule has 0 saturated heterocycles. The Balaban J connectivity index is 2.02. The van der Waals surface area contributed by atoms with Crippen molar-refractivity contribution in [1.29, 1.82) is 0 Å². The highest BCUT2D eigenvalue weighted by atomic mass is 79.9. The Bertz CT molecular complexity index is 652. The van der Waals surface area contributed by atoms with Crippen molar-refractivity contribution < 1.29 is 9.47 Å². The maximum atomic E-state index is 5.89. The minimum Gasteiger partial charge on any atom is -0.489 e. The first-order valence-corrected chi connectivity index (χ1v) is 7.14. The van der Waals surface area contributed by atoms with E-state index in [1.807, 2.05) is 12.1 Å². The van der Waals surface area contributed by atoms with E-state index >= 15 is 0 Å². The molecule has 0 fully saturated rings. The van der Waals surface area contributed by atoms with Crippen LogP contribution in [-0.2, 0) is 0 Å². The van der Waals surface area contributed by atoms with Crippen molar-refractivity contribution in [3.63, 3.8) is 0 Å². The lowest BCUT2D eigenvalue weighted by atomic mass is 9.97. The number of benzene rings is 1. The van der Waals surface area contributed by atoms with Gasteiger partial charge in [0, 0.05) is 17.0 Å². The number of nitrogens with two attached hydrogens (primary N) is 1. The van der Waals surface area contributed by atoms with Gasteiger partial charge in [-0.3, -0.25) is 5.10 Å². The van der Waals surface area contributed by atoms with Crippen molar-refractivity contribution in [2.45, 2.75) is 13.8 Å². The Morgan fingerprint density at radius 3 is 2.70 bits per heavy atom. The number of nitrogen functional groups attached to an aromatic ring is 1. The lowest BCUT2D eigenvalue weighted by Crippen LogP contribution is -2.26. The van der Waals surface area contributed by atoms with Crippen molar-refractivity contribution >= 4 is 21.7 Å². The zero-order chi connectivity index (χ0) is 14.3. The average Bonchev–Trinajstić information content (AvgIpc) is 2.74. The first-order chi connectivity index (χ1) is 9.44. The molecule has 0 atom stereocenters. The molecular weight excluding hydrogens is 322 g/mol. The van der Waals surface area contributed by atoms with Gasteiger partial charge in [0.25, 0.3) is 0 Å². The molecule has 5 nitrogen and oxygen atoms in total. The molecule has 0 amide bonds. The normalized spacial score (nSPS) is 16.8. The first kappa shape index (κ1) is 13.3. The Labute approximate surface area is 125 Å². The van der Waals surface area contributed by atoms with E-state index in [1.54, 1.807) is 6.07 Å². The van der Waals surface area contributed by atoms with Gasteiger partial charge in [-0.1, -0.05) is 13.8 Å². The van der Waals surface area contributed by atoms with Crippen LogP contribution in [0.5, 0.6) is 11.5 Å². The highest BCUT2D eigenvalue weighted by Crippen LogP contribution is 2.42. The summed E-state index contributed by atoms with van der Waals surface area (Å²) >= 11 is 3.54. The molecule has 0 radical (unpaired) electrons. The van der Waals surface area contributed by atoms with Crippen LogP contribution < -0.4 is 15.2 Å². The van der Waals surface area contributed by atoms with E-state index in [1.165, 1.54) is 0 Å². The number of fused-ring (bicyclic) bond motifs is 1. The molecule has 1 aliphatic rings. The molecule has 0 aliphatic carbocycles. The quantitative estimate of drug-likeness (QED) is 0.837. The second-order valence-electron chi connectivity index (χ2n) is 5.73. The van der Waals surface area contributed by atoms with Gasteiger partial charge in [0.2, 0.25) is 0 Å². The smallest absolute Gasteiger partial charge is 0.175 e. The Hall–Kier alpha value is -1.69. The van der Waals surface area contributed by atoms with Gasteiger partial charge in [-0.2, -0.15) is 5.10 Å². The molecule has 0 spiro atoms. The highest BCUT2D eigenvalue weighted by molar-refractivity contribution is 9.10. The van der Waals surface area contributed by atoms with E-state index in [4.69, 9.17) is 15.2 Å². The van der Waals surface area contributed by atoms with Crippen LogP contribution >= 0.6 is 15.9 Å². The van der Waals surface area contributed by atoms with Crippen LogP contribution in [0, 0.1) is 5.41 Å². The molecule has 106 valence electrons. The van der Waals surface area contributed by atoms with Crippen LogP contribution in [0.15, 0.2) is 22.7 Å². The highest BCUT2D eigenvalue weighted by Gasteiger charge is 2.27. The fourth-order valence-electron chi connectivity index (χ4n) is 2.04. The number of ether oxygens (including phenoxy) is 2. The number of anilines is 1. The maximum Gasteiger partial charge on any atom is 0.175 e. The van der Waals surface area contributed by atoms with Crippen LogP contribution in [0.4, 0.5) is 5.82 Å². The lowest BCUT2D eigenvalue weighted by Gasteiger charge is -2.19. The molecule has 20 heavy (non-hydrogen) atoms. The summed E-state index contributed by atoms with van der Waals surface area (Å²) in [6, 6.07) is 5.69. The molecule has 0 bridgehead atoms. The van der Waals surface area contributed by atoms with E-state index < -0.39 is 0 Å². The summed E-state index contributed by atoms with van der Waals surface area (Å²) in [6.07, 6.45) is 0. The number of hydrogen-bond donors (Lipinski definition) is 2. The van der Waals surface area contributed by atoms with Crippen LogP contribution in [-0.4, -0.2) is 23.4 Å². The third-order valence-corrected chi connectivity index (χ3v) is 3.73. The summed E-state index contributed by atoms with van der Waals surface area (Å²) in [4.78, 5) is 0. The van der Waals surface area contributed by atoms with E-state index in [2.05, 4.69) is 40.0 Å². The summed E-state index contributed by atoms with van der Waals surface area (Å²) in [5, 5.41) is 6.84. The first-order valence-electron chi connectivity index (χ1n) is 6.35. The number of H-pyrrole nitrogens is 1. The summed E-state index contributed by atoms with van der Waals surface area (Å²) < 4.78 is 12.6. The molecule has 0 saturated carbocycles. The molecule has 3 rings (SSSR count). The van der Waals surface area contributed by atoms with Gasteiger partial charge in [-0.25, -0.2) is 0 Å². The molecule has 1 aliphatic heterocycles. The van der Waals surface area contributed by atoms with Gasteiger partial charge in [-0.05, 0) is 28.1 Å². The zero-order valence-electron chi connectivity index (χ0n) is 11.4. The van der Waals surface area contributed by atoms with E-state index in [9.17, 15) is 0 Å². The minimum absolute atomic E-state index is 0.0168. The monoisotopic (exact) mass is 337 g/mol. The minimum atomic E-state index is -0.0168. The van der Waals surface area contributed by atoms with Gasteiger partial charge in [0.15, 0.2) is 11.5 Å². The van der Waals surface area contributed by atoms with Crippen molar-refractivity contribution in [1.82, 2.24) is 10.2 Å². The number of aromatic amines is 1. The maximum absolute atomic E-state index is 5.89. The van der Waals surface area contributed by atoms with Crippen LogP contribution in [0.1, 0.15) is 13.8 Å². The van der Waals surface area contributed by atoms with Gasteiger partial charge in [-0.15, -0.1) is 0 Å². The second-order valence-corrected chi connectivity index (χ2v) is 6.59. The SMILES string of the molecule is CC1(C)COc2cc(-c3cc(N)n[nH]3)cc(Br)c2OC1. The summed E-state index contributed by atoms with van der Waals surface area (Å²) in [5.74, 6) is 1.93. The zero-order valence-corrected chi connectivity index (χ0v) is 13.0. The van der Waals surface area contributed by atoms with Crippen molar-refractivity contribution in [2.24, 2.45) is 5.41 Å². The Kier molecular flexibility index (Phi) is 3.12. The van der Waals surface area contributed by atoms with Gasteiger partial charge in [0.1, 0.15) is 5.82 Å². The molecular formula is C14H16BrN3O2. The molecule has 2 heterocycles. The lowest BCUT2D eigenvalue weighted by molar-refractivity contribution is 0.140. The summed E-state index contributed by atoms with van der Waals surface area (Å²) in [7, 11) is 0. The fourth-order valence-corrected chi connectivity index (χ4v) is 2.59. The van der Waals surface area contributed by atoms with Gasteiger partial charge < -0.3 is 15.2 Å². The molecule has 6 heteroatoms. The molecule has 2 aromatic rings. The topological polar surface area (TPSA) is 73.2 Å².